The van der Waals surface area contributed by atoms with Crippen LogP contribution in [0.5, 0.6) is 0 Å². The van der Waals surface area contributed by atoms with E-state index in [1.165, 1.54) is 0 Å². The largest absolute Gasteiger partial charge is 0.363 e. The van der Waals surface area contributed by atoms with E-state index < -0.39 is 0 Å². The summed E-state index contributed by atoms with van der Waals surface area (Å²) in [5, 5.41) is 3.13. The Kier molecular flexibility index (Phi) is 4.00. The number of nitrogens with one attached hydrogen (secondary N) is 2. The molecule has 0 atom stereocenters. The number of aryl methyl sites for hydroxylation is 1. The lowest BCUT2D eigenvalue weighted by Crippen LogP contribution is -2.12. The van der Waals surface area contributed by atoms with Gasteiger partial charge in [0, 0.05) is 12.4 Å². The molecule has 0 amide bonds. The molecule has 0 radical (unpaired) electrons. The molecular weight excluding hydrogens is 298 g/mol. The summed E-state index contributed by atoms with van der Waals surface area (Å²) in [4.78, 5) is 16.5. The van der Waals surface area contributed by atoms with Crippen LogP contribution in [-0.2, 0) is 6.54 Å². The minimum atomic E-state index is 0.343. The Hall–Kier alpha value is -1.80. The normalized spacial score (nSPS) is 10.2. The van der Waals surface area contributed by atoms with Crippen molar-refractivity contribution >= 4 is 27.7 Å². The highest BCUT2D eigenvalue weighted by Gasteiger charge is 2.04. The van der Waals surface area contributed by atoms with Crippen LogP contribution in [0.1, 0.15) is 11.4 Å². The van der Waals surface area contributed by atoms with Gasteiger partial charge in [-0.2, -0.15) is 4.98 Å². The molecule has 2 aromatic heterocycles. The third-order valence-electron chi connectivity index (χ3n) is 2.14. The van der Waals surface area contributed by atoms with E-state index in [9.17, 15) is 0 Å². The minimum Gasteiger partial charge on any atom is -0.363 e. The van der Waals surface area contributed by atoms with Crippen molar-refractivity contribution < 1.29 is 0 Å². The van der Waals surface area contributed by atoms with E-state index in [2.05, 4.69) is 46.6 Å². The molecule has 0 unspecified atom stereocenters. The second-order valence-corrected chi connectivity index (χ2v) is 4.39. The fourth-order valence-electron chi connectivity index (χ4n) is 1.25. The van der Waals surface area contributed by atoms with Crippen LogP contribution in [0, 0.1) is 6.92 Å². The molecule has 0 spiro atoms. The van der Waals surface area contributed by atoms with E-state index in [-0.39, 0.29) is 0 Å². The van der Waals surface area contributed by atoms with Crippen LogP contribution in [0.25, 0.3) is 0 Å². The molecule has 7 nitrogen and oxygen atoms in total. The van der Waals surface area contributed by atoms with Crippen molar-refractivity contribution in [3.05, 3.63) is 34.5 Å². The van der Waals surface area contributed by atoms with Gasteiger partial charge in [0.05, 0.1) is 28.6 Å². The third kappa shape index (κ3) is 3.11. The van der Waals surface area contributed by atoms with Gasteiger partial charge in [0.2, 0.25) is 5.95 Å². The van der Waals surface area contributed by atoms with Crippen molar-refractivity contribution in [1.29, 1.82) is 0 Å². The first-order valence-electron chi connectivity index (χ1n) is 5.19. The number of hydrogen-bond donors (Lipinski definition) is 3. The Morgan fingerprint density at radius 1 is 1.22 bits per heavy atom. The third-order valence-corrected chi connectivity index (χ3v) is 2.72. The molecule has 0 aromatic carbocycles. The van der Waals surface area contributed by atoms with Gasteiger partial charge in [-0.3, -0.25) is 15.4 Å². The monoisotopic (exact) mass is 309 g/mol. The average Bonchev–Trinajstić information content (AvgIpc) is 2.40. The summed E-state index contributed by atoms with van der Waals surface area (Å²) in [6.07, 6.45) is 5.06. The second-order valence-electron chi connectivity index (χ2n) is 3.54. The molecule has 4 N–H and O–H groups in total. The Bertz CT molecular complexity index is 528. The number of aromatic nitrogens is 4. The smallest absolute Gasteiger partial charge is 0.239 e. The van der Waals surface area contributed by atoms with E-state index in [0.29, 0.717) is 18.3 Å². The zero-order chi connectivity index (χ0) is 13.0. The van der Waals surface area contributed by atoms with Crippen LogP contribution in [0.15, 0.2) is 23.1 Å². The highest BCUT2D eigenvalue weighted by molar-refractivity contribution is 9.10. The van der Waals surface area contributed by atoms with Gasteiger partial charge in [-0.05, 0) is 22.9 Å². The number of nitrogens with two attached hydrogens (primary N) is 1. The first-order chi connectivity index (χ1) is 8.69. The van der Waals surface area contributed by atoms with E-state index >= 15 is 0 Å². The first kappa shape index (κ1) is 12.7. The van der Waals surface area contributed by atoms with Crippen LogP contribution in [-0.4, -0.2) is 19.9 Å². The quantitative estimate of drug-likeness (QED) is 0.577. The molecule has 8 heteroatoms. The van der Waals surface area contributed by atoms with Crippen molar-refractivity contribution in [3.63, 3.8) is 0 Å². The predicted molar refractivity (Wildman–Crippen MR) is 71.6 cm³/mol. The molecule has 0 aliphatic carbocycles. The van der Waals surface area contributed by atoms with Gasteiger partial charge in [0.25, 0.3) is 0 Å². The van der Waals surface area contributed by atoms with Gasteiger partial charge >= 0.3 is 0 Å². The number of hydrogen-bond acceptors (Lipinski definition) is 7. The lowest BCUT2D eigenvalue weighted by atomic mass is 10.4. The maximum atomic E-state index is 5.25. The zero-order valence-corrected chi connectivity index (χ0v) is 11.3. The number of nitrogens with zero attached hydrogens (tertiary/aromatic N) is 4. The molecule has 2 heterocycles. The molecule has 0 saturated carbocycles. The SMILES string of the molecule is Cc1cnc(CNc2nc(NN)ncc2Br)cn1. The molecule has 94 valence electrons. The molecular formula is C10H12BrN7. The molecule has 0 bridgehead atoms. The van der Waals surface area contributed by atoms with Gasteiger partial charge in [0.15, 0.2) is 0 Å². The second kappa shape index (κ2) is 5.69. The van der Waals surface area contributed by atoms with Crippen LogP contribution in [0.4, 0.5) is 11.8 Å². The summed E-state index contributed by atoms with van der Waals surface area (Å²) in [7, 11) is 0. The fraction of sp³-hybridized carbons (Fsp3) is 0.200. The summed E-state index contributed by atoms with van der Waals surface area (Å²) in [5.41, 5.74) is 4.10. The number of anilines is 2. The summed E-state index contributed by atoms with van der Waals surface area (Å²) in [6, 6.07) is 0. The summed E-state index contributed by atoms with van der Waals surface area (Å²) in [5.74, 6) is 6.23. The summed E-state index contributed by atoms with van der Waals surface area (Å²) < 4.78 is 0.751. The Morgan fingerprint density at radius 3 is 2.72 bits per heavy atom. The average molecular weight is 310 g/mol. The van der Waals surface area contributed by atoms with Crippen LogP contribution in [0.3, 0.4) is 0 Å². The molecule has 0 aliphatic heterocycles. The maximum absolute atomic E-state index is 5.25. The van der Waals surface area contributed by atoms with E-state index in [0.717, 1.165) is 15.9 Å². The number of nitrogen functional groups attached to an aromatic ring is 1. The lowest BCUT2D eigenvalue weighted by molar-refractivity contribution is 0.969. The molecule has 2 aromatic rings. The van der Waals surface area contributed by atoms with Gasteiger partial charge in [-0.25, -0.2) is 10.8 Å². The van der Waals surface area contributed by atoms with Gasteiger partial charge in [-0.1, -0.05) is 0 Å². The number of rotatable bonds is 4. The van der Waals surface area contributed by atoms with E-state index in [4.69, 9.17) is 5.84 Å². The molecule has 0 aliphatic rings. The predicted octanol–water partition coefficient (Wildman–Crippen LogP) is 1.24. The molecule has 0 fully saturated rings. The number of halogens is 1. The molecule has 18 heavy (non-hydrogen) atoms. The summed E-state index contributed by atoms with van der Waals surface area (Å²) >= 11 is 3.35. The Labute approximate surface area is 112 Å². The van der Waals surface area contributed by atoms with E-state index in [1.54, 1.807) is 18.6 Å². The number of hydrazine groups is 1. The van der Waals surface area contributed by atoms with Crippen molar-refractivity contribution in [2.24, 2.45) is 5.84 Å². The fourth-order valence-corrected chi connectivity index (χ4v) is 1.58. The highest BCUT2D eigenvalue weighted by atomic mass is 79.9. The van der Waals surface area contributed by atoms with Gasteiger partial charge < -0.3 is 5.32 Å². The topological polar surface area (TPSA) is 102 Å². The van der Waals surface area contributed by atoms with Crippen molar-refractivity contribution in [2.75, 3.05) is 10.7 Å². The lowest BCUT2D eigenvalue weighted by Gasteiger charge is -2.08. The summed E-state index contributed by atoms with van der Waals surface area (Å²) in [6.45, 7) is 2.41. The Balaban J connectivity index is 2.07. The zero-order valence-electron chi connectivity index (χ0n) is 9.68. The van der Waals surface area contributed by atoms with Crippen molar-refractivity contribution in [2.45, 2.75) is 13.5 Å². The van der Waals surface area contributed by atoms with Gasteiger partial charge in [0.1, 0.15) is 5.82 Å². The standard InChI is InChI=1S/C10H12BrN7/c1-6-2-14-7(3-13-6)4-15-9-8(11)5-16-10(17-9)18-12/h2-3,5H,4,12H2,1H3,(H2,15,16,17,18). The molecule has 2 rings (SSSR count). The Morgan fingerprint density at radius 2 is 2.06 bits per heavy atom. The van der Waals surface area contributed by atoms with Crippen LogP contribution >= 0.6 is 15.9 Å². The maximum Gasteiger partial charge on any atom is 0.239 e. The first-order valence-corrected chi connectivity index (χ1v) is 5.99. The van der Waals surface area contributed by atoms with Crippen LogP contribution in [0.2, 0.25) is 0 Å². The van der Waals surface area contributed by atoms with Crippen molar-refractivity contribution in [1.82, 2.24) is 19.9 Å². The van der Waals surface area contributed by atoms with Crippen molar-refractivity contribution in [3.8, 4) is 0 Å². The van der Waals surface area contributed by atoms with E-state index in [1.807, 2.05) is 6.92 Å². The van der Waals surface area contributed by atoms with Gasteiger partial charge in [-0.15, -0.1) is 0 Å². The van der Waals surface area contributed by atoms with Crippen LogP contribution < -0.4 is 16.6 Å². The molecule has 0 saturated heterocycles. The highest BCUT2D eigenvalue weighted by Crippen LogP contribution is 2.20. The minimum absolute atomic E-state index is 0.343.